The minimum absolute atomic E-state index is 0.565. The van der Waals surface area contributed by atoms with Gasteiger partial charge >= 0.3 is 5.97 Å². The molecule has 0 spiro atoms. The normalized spacial score (nSPS) is 29.2. The van der Waals surface area contributed by atoms with Gasteiger partial charge in [0, 0.05) is 0 Å². The van der Waals surface area contributed by atoms with E-state index in [1.54, 1.807) is 6.92 Å². The fourth-order valence-electron chi connectivity index (χ4n) is 2.35. The first-order valence-electron chi connectivity index (χ1n) is 5.98. The van der Waals surface area contributed by atoms with E-state index >= 15 is 0 Å². The monoisotopic (exact) mass is 276 g/mol. The number of ether oxygens (including phenoxy) is 2. The van der Waals surface area contributed by atoms with Crippen LogP contribution in [0.3, 0.4) is 0 Å². The molecule has 4 heteroatoms. The molecule has 19 heavy (non-hydrogen) atoms. The number of epoxide rings is 1. The molecule has 1 fully saturated rings. The Morgan fingerprint density at radius 3 is 2.58 bits per heavy atom. The minimum atomic E-state index is -1.41. The van der Waals surface area contributed by atoms with Crippen LogP contribution in [0, 0.1) is 0 Å². The summed E-state index contributed by atoms with van der Waals surface area (Å²) in [5, 5.41) is 0.804. The van der Waals surface area contributed by atoms with E-state index in [1.165, 1.54) is 7.11 Å². The van der Waals surface area contributed by atoms with Gasteiger partial charge in [0.25, 0.3) is 5.06 Å². The van der Waals surface area contributed by atoms with Crippen LogP contribution in [-0.4, -0.2) is 18.1 Å². The van der Waals surface area contributed by atoms with Crippen molar-refractivity contribution in [1.29, 1.82) is 0 Å². The van der Waals surface area contributed by atoms with Gasteiger partial charge in [0.1, 0.15) is 5.60 Å². The maximum atomic E-state index is 11.7. The highest BCUT2D eigenvalue weighted by Gasteiger charge is 2.73. The van der Waals surface area contributed by atoms with Crippen LogP contribution in [0.4, 0.5) is 0 Å². The highest BCUT2D eigenvalue weighted by molar-refractivity contribution is 6.35. The molecule has 1 heterocycles. The minimum Gasteiger partial charge on any atom is -0.466 e. The summed E-state index contributed by atoms with van der Waals surface area (Å²) in [6, 6.07) is 13.9. The highest BCUT2D eigenvalue weighted by Crippen LogP contribution is 2.59. The second-order valence-corrected chi connectivity index (χ2v) is 5.32. The van der Waals surface area contributed by atoms with E-state index in [2.05, 4.69) is 4.74 Å². The van der Waals surface area contributed by atoms with Gasteiger partial charge < -0.3 is 9.47 Å². The first kappa shape index (κ1) is 12.5. The average molecular weight is 277 g/mol. The summed E-state index contributed by atoms with van der Waals surface area (Å²) in [5.74, 6) is -0.565. The molecule has 1 saturated heterocycles. The Labute approximate surface area is 116 Å². The van der Waals surface area contributed by atoms with Crippen molar-refractivity contribution >= 4 is 28.3 Å². The molecule has 0 aromatic heterocycles. The number of benzene rings is 2. The molecule has 2 unspecified atom stereocenters. The molecule has 1 aliphatic heterocycles. The molecule has 2 aromatic carbocycles. The van der Waals surface area contributed by atoms with Crippen LogP contribution in [0.15, 0.2) is 42.5 Å². The van der Waals surface area contributed by atoms with Crippen LogP contribution >= 0.6 is 11.6 Å². The van der Waals surface area contributed by atoms with Gasteiger partial charge in [-0.25, -0.2) is 4.79 Å². The van der Waals surface area contributed by atoms with Crippen molar-refractivity contribution < 1.29 is 14.3 Å². The van der Waals surface area contributed by atoms with Crippen LogP contribution in [-0.2, 0) is 19.9 Å². The number of rotatable bonds is 2. The van der Waals surface area contributed by atoms with Gasteiger partial charge in [-0.1, -0.05) is 48.0 Å². The third-order valence-electron chi connectivity index (χ3n) is 3.66. The second-order valence-electron chi connectivity index (χ2n) is 4.78. The van der Waals surface area contributed by atoms with Gasteiger partial charge in [0.2, 0.25) is 0 Å². The summed E-state index contributed by atoms with van der Waals surface area (Å²) in [6.07, 6.45) is 0. The Morgan fingerprint density at radius 2 is 1.89 bits per heavy atom. The van der Waals surface area contributed by atoms with Gasteiger partial charge in [-0.15, -0.1) is 0 Å². The van der Waals surface area contributed by atoms with Crippen LogP contribution < -0.4 is 0 Å². The molecular weight excluding hydrogens is 264 g/mol. The predicted octanol–water partition coefficient (Wildman–Crippen LogP) is 3.19. The summed E-state index contributed by atoms with van der Waals surface area (Å²) < 4.78 is 10.2. The van der Waals surface area contributed by atoms with Crippen molar-refractivity contribution in [3.63, 3.8) is 0 Å². The first-order chi connectivity index (χ1) is 9.01. The zero-order valence-corrected chi connectivity index (χ0v) is 11.4. The van der Waals surface area contributed by atoms with E-state index < -0.39 is 16.6 Å². The molecule has 3 rings (SSSR count). The SMILES string of the molecule is COC(=O)C1(Cl)OC1(C)c1ccc2ccccc2c1. The lowest BCUT2D eigenvalue weighted by molar-refractivity contribution is -0.143. The topological polar surface area (TPSA) is 38.8 Å². The van der Waals surface area contributed by atoms with Gasteiger partial charge in [-0.05, 0) is 29.3 Å². The standard InChI is InChI=1S/C15H13ClO3/c1-14(15(16,19-14)13(17)18-2)12-8-7-10-5-3-4-6-11(10)9-12/h3-9H,1-2H3. The lowest BCUT2D eigenvalue weighted by atomic mass is 9.94. The third-order valence-corrected chi connectivity index (χ3v) is 4.26. The quantitative estimate of drug-likeness (QED) is 0.480. The van der Waals surface area contributed by atoms with E-state index in [0.717, 1.165) is 16.3 Å². The molecule has 0 N–H and O–H groups in total. The Kier molecular flexibility index (Phi) is 2.59. The fraction of sp³-hybridized carbons (Fsp3) is 0.267. The molecule has 0 saturated carbocycles. The van der Waals surface area contributed by atoms with E-state index in [1.807, 2.05) is 42.5 Å². The van der Waals surface area contributed by atoms with Gasteiger partial charge in [0.05, 0.1) is 7.11 Å². The number of carbonyl (C=O) groups excluding carboxylic acids is 1. The number of carbonyl (C=O) groups is 1. The van der Waals surface area contributed by atoms with E-state index in [0.29, 0.717) is 0 Å². The molecule has 1 aliphatic rings. The van der Waals surface area contributed by atoms with Crippen molar-refractivity contribution in [2.24, 2.45) is 0 Å². The Hall–Kier alpha value is -1.58. The summed E-state index contributed by atoms with van der Waals surface area (Å²) >= 11 is 6.19. The van der Waals surface area contributed by atoms with E-state index in [9.17, 15) is 4.79 Å². The Morgan fingerprint density at radius 1 is 1.21 bits per heavy atom. The van der Waals surface area contributed by atoms with Crippen molar-refractivity contribution in [2.45, 2.75) is 17.6 Å². The lowest BCUT2D eigenvalue weighted by Crippen LogP contribution is -2.26. The number of hydrogen-bond donors (Lipinski definition) is 0. The molecule has 2 aromatic rings. The van der Waals surface area contributed by atoms with E-state index in [4.69, 9.17) is 16.3 Å². The summed E-state index contributed by atoms with van der Waals surface area (Å²) in [7, 11) is 1.30. The van der Waals surface area contributed by atoms with E-state index in [-0.39, 0.29) is 0 Å². The van der Waals surface area contributed by atoms with Crippen molar-refractivity contribution in [3.05, 3.63) is 48.0 Å². The molecule has 3 nitrogen and oxygen atoms in total. The largest absolute Gasteiger partial charge is 0.466 e. The Bertz CT molecular complexity index is 669. The zero-order valence-electron chi connectivity index (χ0n) is 10.6. The fourth-order valence-corrected chi connectivity index (χ4v) is 2.69. The van der Waals surface area contributed by atoms with Crippen LogP contribution in [0.2, 0.25) is 0 Å². The number of methoxy groups -OCH3 is 1. The second kappa shape index (κ2) is 3.95. The first-order valence-corrected chi connectivity index (χ1v) is 6.36. The van der Waals surface area contributed by atoms with Gasteiger partial charge in [0.15, 0.2) is 0 Å². The predicted molar refractivity (Wildman–Crippen MR) is 73.0 cm³/mol. The number of esters is 1. The maximum Gasteiger partial charge on any atom is 0.357 e. The number of halogens is 1. The van der Waals surface area contributed by atoms with Crippen molar-refractivity contribution in [2.75, 3.05) is 7.11 Å². The summed E-state index contributed by atoms with van der Waals surface area (Å²) in [4.78, 5) is 11.7. The van der Waals surface area contributed by atoms with Crippen LogP contribution in [0.1, 0.15) is 12.5 Å². The number of alkyl halides is 1. The molecule has 0 amide bonds. The molecule has 98 valence electrons. The molecule has 0 radical (unpaired) electrons. The molecule has 0 aliphatic carbocycles. The summed E-state index contributed by atoms with van der Waals surface area (Å²) in [5.41, 5.74) is 0.0256. The molecule has 2 atom stereocenters. The number of hydrogen-bond acceptors (Lipinski definition) is 3. The zero-order chi connectivity index (χ0) is 13.7. The Balaban J connectivity index is 2.04. The van der Waals surface area contributed by atoms with Crippen molar-refractivity contribution in [1.82, 2.24) is 0 Å². The van der Waals surface area contributed by atoms with Crippen molar-refractivity contribution in [3.8, 4) is 0 Å². The smallest absolute Gasteiger partial charge is 0.357 e. The molecular formula is C15H13ClO3. The van der Waals surface area contributed by atoms with Crippen LogP contribution in [0.25, 0.3) is 10.8 Å². The van der Waals surface area contributed by atoms with Gasteiger partial charge in [-0.3, -0.25) is 0 Å². The summed E-state index contributed by atoms with van der Waals surface area (Å²) in [6.45, 7) is 1.79. The third kappa shape index (κ3) is 1.66. The number of fused-ring (bicyclic) bond motifs is 1. The lowest BCUT2D eigenvalue weighted by Gasteiger charge is -2.10. The molecule has 0 bridgehead atoms. The average Bonchev–Trinajstić information content (AvgIpc) is 3.02. The van der Waals surface area contributed by atoms with Gasteiger partial charge in [-0.2, -0.15) is 0 Å². The highest BCUT2D eigenvalue weighted by atomic mass is 35.5. The maximum absolute atomic E-state index is 11.7. The van der Waals surface area contributed by atoms with Crippen LogP contribution in [0.5, 0.6) is 0 Å².